The molecule has 162 valence electrons. The molecule has 1 atom stereocenters. The van der Waals surface area contributed by atoms with E-state index in [-0.39, 0.29) is 6.10 Å². The molecule has 2 aromatic heterocycles. The molecule has 1 unspecified atom stereocenters. The molecule has 0 saturated heterocycles. The van der Waals surface area contributed by atoms with Crippen molar-refractivity contribution in [2.24, 2.45) is 0 Å². The Morgan fingerprint density at radius 1 is 1.06 bits per heavy atom. The zero-order valence-corrected chi connectivity index (χ0v) is 17.9. The summed E-state index contributed by atoms with van der Waals surface area (Å²) in [6.07, 6.45) is 3.66. The van der Waals surface area contributed by atoms with Crippen molar-refractivity contribution in [1.29, 1.82) is 0 Å². The molecule has 8 nitrogen and oxygen atoms in total. The van der Waals surface area contributed by atoms with Crippen LogP contribution in [0.4, 0.5) is 0 Å². The maximum absolute atomic E-state index is 6.00. The number of nitrogens with one attached hydrogen (secondary N) is 1. The quantitative estimate of drug-likeness (QED) is 0.359. The van der Waals surface area contributed by atoms with Gasteiger partial charge in [-0.15, -0.1) is 5.10 Å². The monoisotopic (exact) mass is 421 g/mol. The van der Waals surface area contributed by atoms with Gasteiger partial charge in [0.05, 0.1) is 18.4 Å². The first-order valence-electron chi connectivity index (χ1n) is 10.7. The third-order valence-electron chi connectivity index (χ3n) is 5.18. The molecule has 0 spiro atoms. The van der Waals surface area contributed by atoms with Gasteiger partial charge in [0.15, 0.2) is 11.4 Å². The molecule has 0 amide bonds. The SMILES string of the molecule is CCc1noc2c(CC(C)OCCCCOc3ccc(-c4nnn[nH]4)cc3)cccc12. The summed E-state index contributed by atoms with van der Waals surface area (Å²) in [7, 11) is 0. The number of fused-ring (bicyclic) bond motifs is 1. The Hall–Kier alpha value is -3.26. The Kier molecular flexibility index (Phi) is 6.89. The highest BCUT2D eigenvalue weighted by molar-refractivity contribution is 5.82. The van der Waals surface area contributed by atoms with E-state index < -0.39 is 0 Å². The molecule has 0 saturated carbocycles. The third-order valence-corrected chi connectivity index (χ3v) is 5.18. The third kappa shape index (κ3) is 5.27. The van der Waals surface area contributed by atoms with Crippen LogP contribution in [0.3, 0.4) is 0 Å². The summed E-state index contributed by atoms with van der Waals surface area (Å²) >= 11 is 0. The van der Waals surface area contributed by atoms with Crippen LogP contribution in [-0.2, 0) is 17.6 Å². The molecule has 8 heteroatoms. The number of hydrogen-bond acceptors (Lipinski definition) is 7. The van der Waals surface area contributed by atoms with Crippen LogP contribution >= 0.6 is 0 Å². The Bertz CT molecular complexity index is 1080. The van der Waals surface area contributed by atoms with E-state index in [1.807, 2.05) is 24.3 Å². The molecule has 2 aromatic carbocycles. The van der Waals surface area contributed by atoms with Crippen molar-refractivity contribution in [3.05, 3.63) is 53.7 Å². The molecule has 0 aliphatic carbocycles. The second kappa shape index (κ2) is 10.2. The van der Waals surface area contributed by atoms with Gasteiger partial charge < -0.3 is 14.0 Å². The smallest absolute Gasteiger partial charge is 0.179 e. The molecule has 0 aliphatic rings. The fraction of sp³-hybridized carbons (Fsp3) is 0.391. The molecule has 0 radical (unpaired) electrons. The lowest BCUT2D eigenvalue weighted by atomic mass is 10.0. The van der Waals surface area contributed by atoms with Crippen LogP contribution < -0.4 is 4.74 Å². The van der Waals surface area contributed by atoms with Crippen LogP contribution in [-0.4, -0.2) is 45.1 Å². The van der Waals surface area contributed by atoms with Gasteiger partial charge >= 0.3 is 0 Å². The summed E-state index contributed by atoms with van der Waals surface area (Å²) in [5.41, 5.74) is 3.96. The Balaban J connectivity index is 1.15. The Labute approximate surface area is 180 Å². The average molecular weight is 422 g/mol. The first-order valence-corrected chi connectivity index (χ1v) is 10.7. The Morgan fingerprint density at radius 2 is 1.90 bits per heavy atom. The van der Waals surface area contributed by atoms with Crippen molar-refractivity contribution in [3.8, 4) is 17.1 Å². The van der Waals surface area contributed by atoms with E-state index in [1.54, 1.807) is 0 Å². The van der Waals surface area contributed by atoms with E-state index in [2.05, 4.69) is 57.8 Å². The van der Waals surface area contributed by atoms with Crippen molar-refractivity contribution in [2.75, 3.05) is 13.2 Å². The highest BCUT2D eigenvalue weighted by atomic mass is 16.5. The van der Waals surface area contributed by atoms with Gasteiger partial charge in [0.1, 0.15) is 5.75 Å². The fourth-order valence-electron chi connectivity index (χ4n) is 3.52. The zero-order valence-electron chi connectivity index (χ0n) is 17.9. The van der Waals surface area contributed by atoms with Crippen LogP contribution in [0.5, 0.6) is 5.75 Å². The molecular weight excluding hydrogens is 394 g/mol. The number of aromatic nitrogens is 5. The van der Waals surface area contributed by atoms with Crippen LogP contribution in [0.25, 0.3) is 22.4 Å². The van der Waals surface area contributed by atoms with Crippen LogP contribution in [0.1, 0.15) is 37.9 Å². The molecule has 2 heterocycles. The minimum Gasteiger partial charge on any atom is -0.494 e. The van der Waals surface area contributed by atoms with E-state index in [4.69, 9.17) is 14.0 Å². The van der Waals surface area contributed by atoms with Gasteiger partial charge in [0.25, 0.3) is 0 Å². The first kappa shape index (κ1) is 21.0. The lowest BCUT2D eigenvalue weighted by Gasteiger charge is -2.13. The largest absolute Gasteiger partial charge is 0.494 e. The van der Waals surface area contributed by atoms with E-state index >= 15 is 0 Å². The maximum atomic E-state index is 6.00. The molecule has 0 fully saturated rings. The summed E-state index contributed by atoms with van der Waals surface area (Å²) in [6, 6.07) is 13.9. The highest BCUT2D eigenvalue weighted by Gasteiger charge is 2.13. The number of unbranched alkanes of at least 4 members (excludes halogenated alkanes) is 1. The number of aromatic amines is 1. The van der Waals surface area contributed by atoms with Crippen molar-refractivity contribution in [2.45, 2.75) is 45.6 Å². The normalized spacial score (nSPS) is 12.3. The fourth-order valence-corrected chi connectivity index (χ4v) is 3.52. The summed E-state index contributed by atoms with van der Waals surface area (Å²) < 4.78 is 17.4. The van der Waals surface area contributed by atoms with Gasteiger partial charge in [-0.3, -0.25) is 0 Å². The number of para-hydroxylation sites is 1. The number of hydrogen-bond donors (Lipinski definition) is 1. The number of benzene rings is 2. The van der Waals surface area contributed by atoms with E-state index in [0.717, 1.165) is 59.2 Å². The predicted molar refractivity (Wildman–Crippen MR) is 117 cm³/mol. The molecule has 31 heavy (non-hydrogen) atoms. The van der Waals surface area contributed by atoms with E-state index in [9.17, 15) is 0 Å². The first-order chi connectivity index (χ1) is 15.2. The number of tetrazole rings is 1. The zero-order chi connectivity index (χ0) is 21.5. The minimum atomic E-state index is 0.111. The highest BCUT2D eigenvalue weighted by Crippen LogP contribution is 2.24. The topological polar surface area (TPSA) is 99.0 Å². The standard InChI is InChI=1S/C23H27N5O3/c1-3-21-20-8-6-7-18(22(20)31-26-21)15-16(2)29-13-4-5-14-30-19-11-9-17(10-12-19)23-24-27-28-25-23/h6-12,16H,3-5,13-15H2,1-2H3,(H,24,25,27,28). The number of rotatable bonds is 11. The van der Waals surface area contributed by atoms with Crippen molar-refractivity contribution < 1.29 is 14.0 Å². The van der Waals surface area contributed by atoms with Gasteiger partial charge in [-0.1, -0.05) is 24.2 Å². The molecule has 0 aliphatic heterocycles. The molecular formula is C23H27N5O3. The van der Waals surface area contributed by atoms with Gasteiger partial charge in [-0.2, -0.15) is 0 Å². The number of ether oxygens (including phenoxy) is 2. The second-order valence-electron chi connectivity index (χ2n) is 7.49. The molecule has 4 rings (SSSR count). The summed E-state index contributed by atoms with van der Waals surface area (Å²) in [5, 5.41) is 19.1. The van der Waals surface area contributed by atoms with E-state index in [1.165, 1.54) is 0 Å². The van der Waals surface area contributed by atoms with Crippen LogP contribution in [0.2, 0.25) is 0 Å². The van der Waals surface area contributed by atoms with Crippen molar-refractivity contribution in [3.63, 3.8) is 0 Å². The van der Waals surface area contributed by atoms with Crippen LogP contribution in [0, 0.1) is 0 Å². The summed E-state index contributed by atoms with van der Waals surface area (Å²) in [4.78, 5) is 0. The number of aryl methyl sites for hydroxylation is 1. The molecule has 4 aromatic rings. The van der Waals surface area contributed by atoms with Gasteiger partial charge in [-0.05, 0) is 66.9 Å². The number of nitrogens with zero attached hydrogens (tertiary/aromatic N) is 4. The van der Waals surface area contributed by atoms with Crippen molar-refractivity contribution >= 4 is 11.0 Å². The lowest BCUT2D eigenvalue weighted by molar-refractivity contribution is 0.0619. The number of H-pyrrole nitrogens is 1. The Morgan fingerprint density at radius 3 is 2.68 bits per heavy atom. The summed E-state index contributed by atoms with van der Waals surface area (Å²) in [5.74, 6) is 1.47. The summed E-state index contributed by atoms with van der Waals surface area (Å²) in [6.45, 7) is 5.54. The molecule has 1 N–H and O–H groups in total. The molecule has 0 bridgehead atoms. The van der Waals surface area contributed by atoms with Gasteiger partial charge in [0, 0.05) is 29.5 Å². The average Bonchev–Trinajstić information content (AvgIpc) is 3.47. The van der Waals surface area contributed by atoms with E-state index in [0.29, 0.717) is 19.0 Å². The second-order valence-corrected chi connectivity index (χ2v) is 7.49. The van der Waals surface area contributed by atoms with Gasteiger partial charge in [-0.25, -0.2) is 5.10 Å². The maximum Gasteiger partial charge on any atom is 0.179 e. The van der Waals surface area contributed by atoms with Crippen molar-refractivity contribution in [1.82, 2.24) is 25.8 Å². The van der Waals surface area contributed by atoms with Gasteiger partial charge in [0.2, 0.25) is 0 Å². The predicted octanol–water partition coefficient (Wildman–Crippen LogP) is 4.38. The lowest BCUT2D eigenvalue weighted by Crippen LogP contribution is -2.13. The minimum absolute atomic E-state index is 0.111. The van der Waals surface area contributed by atoms with Crippen LogP contribution in [0.15, 0.2) is 47.0 Å².